The molecule has 0 fully saturated rings. The Kier molecular flexibility index (Phi) is 8.39. The molecule has 0 aliphatic rings. The highest BCUT2D eigenvalue weighted by Gasteiger charge is 2.39. The summed E-state index contributed by atoms with van der Waals surface area (Å²) in [5, 5.41) is 50.0. The van der Waals surface area contributed by atoms with E-state index >= 15 is 0 Å². The second-order valence-electron chi connectivity index (χ2n) is 7.53. The van der Waals surface area contributed by atoms with Gasteiger partial charge in [0.2, 0.25) is 0 Å². The van der Waals surface area contributed by atoms with E-state index in [2.05, 4.69) is 0 Å². The average Bonchev–Trinajstić information content (AvgIpc) is 2.85. The number of hydrogen-bond donors (Lipinski definition) is 5. The minimum absolute atomic E-state index is 0.372. The van der Waals surface area contributed by atoms with E-state index in [1.165, 1.54) is 0 Å². The zero-order valence-electron chi connectivity index (χ0n) is 17.3. The van der Waals surface area contributed by atoms with Gasteiger partial charge in [-0.3, -0.25) is 0 Å². The van der Waals surface area contributed by atoms with Crippen LogP contribution in [0.25, 0.3) is 0 Å². The van der Waals surface area contributed by atoms with E-state index in [4.69, 9.17) is 21.4 Å². The van der Waals surface area contributed by atoms with Gasteiger partial charge in [0.1, 0.15) is 30.0 Å². The van der Waals surface area contributed by atoms with Crippen LogP contribution in [0.2, 0.25) is 5.02 Å². The summed E-state index contributed by atoms with van der Waals surface area (Å²) in [6.07, 6.45) is -6.60. The number of halogens is 1. The molecule has 5 N–H and O–H groups in total. The maximum atomic E-state index is 10.5. The van der Waals surface area contributed by atoms with Gasteiger partial charge < -0.3 is 30.3 Å². The fraction of sp³-hybridized carbons (Fsp3) is 0.280. The summed E-state index contributed by atoms with van der Waals surface area (Å²) >= 11 is 6.12. The molecule has 0 radical (unpaired) electrons. The predicted octanol–water partition coefficient (Wildman–Crippen LogP) is 2.08. The van der Waals surface area contributed by atoms with Crippen LogP contribution in [0.5, 0.6) is 0 Å². The molecular weight excluding hydrogens is 432 g/mol. The fourth-order valence-corrected chi connectivity index (χ4v) is 3.78. The monoisotopic (exact) mass is 458 g/mol. The SMILES string of the molecule is OC[C@@H](O)[C@@H](O)[C@H](O)[C@@H](O)COC(c1ccccc1)(c1ccccc1)c1ccc(Cl)cc1. The molecule has 0 amide bonds. The third kappa shape index (κ3) is 5.19. The maximum absolute atomic E-state index is 10.5. The van der Waals surface area contributed by atoms with E-state index in [9.17, 15) is 20.4 Å². The topological polar surface area (TPSA) is 110 Å². The van der Waals surface area contributed by atoms with Gasteiger partial charge in [0.05, 0.1) is 13.2 Å². The predicted molar refractivity (Wildman–Crippen MR) is 121 cm³/mol. The van der Waals surface area contributed by atoms with Crippen LogP contribution in [0, 0.1) is 0 Å². The molecule has 0 saturated heterocycles. The first-order chi connectivity index (χ1) is 15.4. The Morgan fingerprint density at radius 1 is 0.656 bits per heavy atom. The molecule has 0 bridgehead atoms. The van der Waals surface area contributed by atoms with Crippen LogP contribution in [0.1, 0.15) is 16.7 Å². The van der Waals surface area contributed by atoms with Gasteiger partial charge in [0.15, 0.2) is 0 Å². The Balaban J connectivity index is 2.05. The van der Waals surface area contributed by atoms with Crippen molar-refractivity contribution in [2.24, 2.45) is 0 Å². The van der Waals surface area contributed by atoms with Gasteiger partial charge in [0.25, 0.3) is 0 Å². The molecule has 6 nitrogen and oxygen atoms in total. The smallest absolute Gasteiger partial charge is 0.143 e. The van der Waals surface area contributed by atoms with E-state index in [0.29, 0.717) is 5.02 Å². The lowest BCUT2D eigenvalue weighted by Gasteiger charge is -2.37. The number of ether oxygens (including phenoxy) is 1. The third-order valence-electron chi connectivity index (χ3n) is 5.41. The zero-order chi connectivity index (χ0) is 23.1. The minimum atomic E-state index is -1.74. The Morgan fingerprint density at radius 3 is 1.56 bits per heavy atom. The lowest BCUT2D eigenvalue weighted by Crippen LogP contribution is -2.48. The van der Waals surface area contributed by atoms with Crippen LogP contribution in [-0.2, 0) is 10.3 Å². The normalized spacial score (nSPS) is 15.7. The Bertz CT molecular complexity index is 912. The van der Waals surface area contributed by atoms with Crippen molar-refractivity contribution in [3.8, 4) is 0 Å². The lowest BCUT2D eigenvalue weighted by atomic mass is 9.80. The van der Waals surface area contributed by atoms with Gasteiger partial charge in [-0.25, -0.2) is 0 Å². The van der Waals surface area contributed by atoms with E-state index in [1.807, 2.05) is 72.8 Å². The molecule has 4 atom stereocenters. The summed E-state index contributed by atoms with van der Waals surface area (Å²) in [5.74, 6) is 0. The molecule has 0 unspecified atom stereocenters. The number of rotatable bonds is 10. The third-order valence-corrected chi connectivity index (χ3v) is 5.66. The summed E-state index contributed by atoms with van der Waals surface area (Å²) in [6.45, 7) is -1.13. The summed E-state index contributed by atoms with van der Waals surface area (Å²) in [6, 6.07) is 26.0. The molecule has 0 aliphatic carbocycles. The standard InChI is InChI=1S/C25H27ClO6/c26-20-13-11-19(12-14-20)25(17-7-3-1-4-8-17,18-9-5-2-6-10-18)32-16-22(29)24(31)23(30)21(28)15-27/h1-14,21-24,27-31H,15-16H2/t21-,22+,23-,24-/m1/s1. The van der Waals surface area contributed by atoms with Crippen molar-refractivity contribution in [2.75, 3.05) is 13.2 Å². The van der Waals surface area contributed by atoms with Gasteiger partial charge in [-0.1, -0.05) is 84.4 Å². The van der Waals surface area contributed by atoms with E-state index in [0.717, 1.165) is 16.7 Å². The van der Waals surface area contributed by atoms with Gasteiger partial charge in [0, 0.05) is 5.02 Å². The highest BCUT2D eigenvalue weighted by Crippen LogP contribution is 2.41. The van der Waals surface area contributed by atoms with Gasteiger partial charge in [-0.2, -0.15) is 0 Å². The van der Waals surface area contributed by atoms with Crippen molar-refractivity contribution in [2.45, 2.75) is 30.0 Å². The maximum Gasteiger partial charge on any atom is 0.143 e. The Hall–Kier alpha value is -2.29. The molecule has 0 spiro atoms. The second kappa shape index (κ2) is 11.0. The van der Waals surface area contributed by atoms with E-state index < -0.39 is 36.6 Å². The number of aliphatic hydroxyl groups excluding tert-OH is 5. The summed E-state index contributed by atoms with van der Waals surface area (Å²) in [7, 11) is 0. The molecule has 0 aliphatic heterocycles. The molecule has 3 rings (SSSR count). The van der Waals surface area contributed by atoms with Crippen LogP contribution < -0.4 is 0 Å². The summed E-state index contributed by atoms with van der Waals surface area (Å²) in [4.78, 5) is 0. The van der Waals surface area contributed by atoms with Gasteiger partial charge >= 0.3 is 0 Å². The van der Waals surface area contributed by atoms with Crippen molar-refractivity contribution < 1.29 is 30.3 Å². The number of benzene rings is 3. The molecule has 0 heterocycles. The van der Waals surface area contributed by atoms with Crippen molar-refractivity contribution in [1.82, 2.24) is 0 Å². The molecule has 0 saturated carbocycles. The Morgan fingerprint density at radius 2 is 1.09 bits per heavy atom. The minimum Gasteiger partial charge on any atom is -0.394 e. The van der Waals surface area contributed by atoms with Crippen LogP contribution in [0.4, 0.5) is 0 Å². The lowest BCUT2D eigenvalue weighted by molar-refractivity contribution is -0.140. The molecule has 0 aromatic heterocycles. The van der Waals surface area contributed by atoms with Crippen LogP contribution in [0.3, 0.4) is 0 Å². The van der Waals surface area contributed by atoms with Crippen molar-refractivity contribution >= 4 is 11.6 Å². The zero-order valence-corrected chi connectivity index (χ0v) is 18.1. The van der Waals surface area contributed by atoms with E-state index in [-0.39, 0.29) is 6.61 Å². The first-order valence-electron chi connectivity index (χ1n) is 10.2. The molecule has 3 aromatic carbocycles. The largest absolute Gasteiger partial charge is 0.394 e. The van der Waals surface area contributed by atoms with Crippen LogP contribution in [-0.4, -0.2) is 63.2 Å². The molecular formula is C25H27ClO6. The molecule has 3 aromatic rings. The number of hydrogen-bond acceptors (Lipinski definition) is 6. The highest BCUT2D eigenvalue weighted by molar-refractivity contribution is 6.30. The summed E-state index contributed by atoms with van der Waals surface area (Å²) < 4.78 is 6.37. The average molecular weight is 459 g/mol. The van der Waals surface area contributed by atoms with Crippen LogP contribution >= 0.6 is 11.6 Å². The molecule has 7 heteroatoms. The van der Waals surface area contributed by atoms with Crippen molar-refractivity contribution in [3.63, 3.8) is 0 Å². The van der Waals surface area contributed by atoms with Crippen molar-refractivity contribution in [3.05, 3.63) is 107 Å². The highest BCUT2D eigenvalue weighted by atomic mass is 35.5. The first kappa shape index (κ1) is 24.4. The molecule has 170 valence electrons. The summed E-state index contributed by atoms with van der Waals surface area (Å²) in [5.41, 5.74) is 1.16. The quantitative estimate of drug-likeness (QED) is 0.297. The fourth-order valence-electron chi connectivity index (χ4n) is 3.65. The number of aliphatic hydroxyl groups is 5. The van der Waals surface area contributed by atoms with Gasteiger partial charge in [-0.05, 0) is 28.8 Å². The van der Waals surface area contributed by atoms with Gasteiger partial charge in [-0.15, -0.1) is 0 Å². The second-order valence-corrected chi connectivity index (χ2v) is 7.97. The Labute approximate surface area is 191 Å². The van der Waals surface area contributed by atoms with E-state index in [1.54, 1.807) is 12.1 Å². The van der Waals surface area contributed by atoms with Crippen molar-refractivity contribution in [1.29, 1.82) is 0 Å². The first-order valence-corrected chi connectivity index (χ1v) is 10.6. The van der Waals surface area contributed by atoms with Crippen LogP contribution in [0.15, 0.2) is 84.9 Å². The molecule has 32 heavy (non-hydrogen) atoms.